The Morgan fingerprint density at radius 3 is 2.62 bits per heavy atom. The van der Waals surface area contributed by atoms with Gasteiger partial charge in [-0.25, -0.2) is 4.39 Å². The van der Waals surface area contributed by atoms with E-state index in [9.17, 15) is 9.18 Å². The Kier molecular flexibility index (Phi) is 5.11. The van der Waals surface area contributed by atoms with Crippen LogP contribution in [-0.2, 0) is 0 Å². The summed E-state index contributed by atoms with van der Waals surface area (Å²) in [7, 11) is 0. The van der Waals surface area contributed by atoms with E-state index < -0.39 is 0 Å². The molecule has 1 amide bonds. The van der Waals surface area contributed by atoms with Crippen LogP contribution in [0.2, 0.25) is 0 Å². The first-order valence-corrected chi connectivity index (χ1v) is 6.99. The fourth-order valence-electron chi connectivity index (χ4n) is 1.64. The van der Waals surface area contributed by atoms with E-state index in [0.29, 0.717) is 28.1 Å². The van der Waals surface area contributed by atoms with Crippen LogP contribution in [0.3, 0.4) is 0 Å². The normalized spacial score (nSPS) is 10.0. The molecule has 0 spiro atoms. The summed E-state index contributed by atoms with van der Waals surface area (Å²) in [5.74, 6) is 0.00488. The molecule has 0 heterocycles. The van der Waals surface area contributed by atoms with Crippen LogP contribution in [0.4, 0.5) is 10.1 Å². The third-order valence-electron chi connectivity index (χ3n) is 2.65. The van der Waals surface area contributed by atoms with Gasteiger partial charge in [0.2, 0.25) is 0 Å². The van der Waals surface area contributed by atoms with Crippen molar-refractivity contribution in [3.63, 3.8) is 0 Å². The van der Waals surface area contributed by atoms with Crippen LogP contribution < -0.4 is 10.1 Å². The first-order chi connectivity index (χ1) is 10.1. The van der Waals surface area contributed by atoms with Crippen molar-refractivity contribution < 1.29 is 13.9 Å². The number of hydrogen-bond donors (Lipinski definition) is 1. The molecular formula is C16H13BrFNO2. The maximum absolute atomic E-state index is 12.8. The molecule has 0 saturated carbocycles. The van der Waals surface area contributed by atoms with Crippen LogP contribution in [0.15, 0.2) is 59.6 Å². The summed E-state index contributed by atoms with van der Waals surface area (Å²) < 4.78 is 18.9. The molecule has 0 aliphatic rings. The van der Waals surface area contributed by atoms with Crippen LogP contribution in [0.1, 0.15) is 10.4 Å². The van der Waals surface area contributed by atoms with E-state index in [0.717, 1.165) is 0 Å². The molecular weight excluding hydrogens is 337 g/mol. The van der Waals surface area contributed by atoms with Crippen LogP contribution in [0.25, 0.3) is 0 Å². The highest BCUT2D eigenvalue weighted by atomic mass is 79.9. The van der Waals surface area contributed by atoms with Gasteiger partial charge in [0.25, 0.3) is 5.91 Å². The second-order valence-electron chi connectivity index (χ2n) is 4.21. The van der Waals surface area contributed by atoms with Gasteiger partial charge in [0, 0.05) is 11.3 Å². The van der Waals surface area contributed by atoms with E-state index in [2.05, 4.69) is 27.8 Å². The molecule has 0 saturated heterocycles. The average molecular weight is 350 g/mol. The highest BCUT2D eigenvalue weighted by molar-refractivity contribution is 9.10. The summed E-state index contributed by atoms with van der Waals surface area (Å²) in [6.45, 7) is 3.96. The molecule has 2 aromatic rings. The third kappa shape index (κ3) is 4.16. The Balaban J connectivity index is 2.10. The van der Waals surface area contributed by atoms with Gasteiger partial charge in [-0.15, -0.1) is 0 Å². The van der Waals surface area contributed by atoms with E-state index in [4.69, 9.17) is 4.74 Å². The van der Waals surface area contributed by atoms with Gasteiger partial charge < -0.3 is 10.1 Å². The molecule has 0 bridgehead atoms. The number of ether oxygens (including phenoxy) is 1. The van der Waals surface area contributed by atoms with Crippen molar-refractivity contribution in [3.8, 4) is 5.75 Å². The average Bonchev–Trinajstić information content (AvgIpc) is 2.48. The van der Waals surface area contributed by atoms with Crippen molar-refractivity contribution in [2.24, 2.45) is 0 Å². The number of benzene rings is 2. The van der Waals surface area contributed by atoms with Gasteiger partial charge in [0.1, 0.15) is 18.2 Å². The third-order valence-corrected chi connectivity index (χ3v) is 3.27. The SMILES string of the molecule is C=CCOc1ccc(C(=O)Nc2ccc(F)cc2)cc1Br. The second kappa shape index (κ2) is 7.04. The minimum Gasteiger partial charge on any atom is -0.488 e. The molecule has 2 aromatic carbocycles. The summed E-state index contributed by atoms with van der Waals surface area (Å²) >= 11 is 3.35. The van der Waals surface area contributed by atoms with Crippen molar-refractivity contribution in [1.29, 1.82) is 0 Å². The number of nitrogens with one attached hydrogen (secondary N) is 1. The molecule has 0 unspecified atom stereocenters. The minimum absolute atomic E-state index is 0.280. The molecule has 0 aromatic heterocycles. The van der Waals surface area contributed by atoms with Gasteiger partial charge in [-0.1, -0.05) is 12.7 Å². The quantitative estimate of drug-likeness (QED) is 0.812. The fraction of sp³-hybridized carbons (Fsp3) is 0.0625. The summed E-state index contributed by atoms with van der Waals surface area (Å²) in [5, 5.41) is 2.69. The summed E-state index contributed by atoms with van der Waals surface area (Å²) in [6, 6.07) is 10.6. The van der Waals surface area contributed by atoms with Gasteiger partial charge in [-0.05, 0) is 58.4 Å². The van der Waals surface area contributed by atoms with E-state index in [1.807, 2.05) is 0 Å². The molecule has 21 heavy (non-hydrogen) atoms. The lowest BCUT2D eigenvalue weighted by Gasteiger charge is -2.09. The van der Waals surface area contributed by atoms with Gasteiger partial charge >= 0.3 is 0 Å². The number of hydrogen-bond acceptors (Lipinski definition) is 2. The smallest absolute Gasteiger partial charge is 0.255 e. The zero-order valence-electron chi connectivity index (χ0n) is 11.1. The molecule has 5 heteroatoms. The van der Waals surface area contributed by atoms with Crippen LogP contribution in [-0.4, -0.2) is 12.5 Å². The number of anilines is 1. The summed E-state index contributed by atoms with van der Waals surface area (Å²) in [4.78, 5) is 12.1. The Morgan fingerprint density at radius 2 is 2.00 bits per heavy atom. The lowest BCUT2D eigenvalue weighted by molar-refractivity contribution is 0.102. The standard InChI is InChI=1S/C16H13BrFNO2/c1-2-9-21-15-8-3-11(10-14(15)17)16(20)19-13-6-4-12(18)5-7-13/h2-8,10H,1,9H2,(H,19,20). The van der Waals surface area contributed by atoms with Crippen molar-refractivity contribution in [3.05, 3.63) is 71.0 Å². The predicted molar refractivity (Wildman–Crippen MR) is 84.2 cm³/mol. The van der Waals surface area contributed by atoms with Gasteiger partial charge in [0.15, 0.2) is 0 Å². The van der Waals surface area contributed by atoms with Crippen LogP contribution in [0.5, 0.6) is 5.75 Å². The lowest BCUT2D eigenvalue weighted by Crippen LogP contribution is -2.12. The number of carbonyl (C=O) groups is 1. The number of amides is 1. The van der Waals surface area contributed by atoms with Gasteiger partial charge in [0.05, 0.1) is 4.47 Å². The molecule has 108 valence electrons. The van der Waals surface area contributed by atoms with Gasteiger partial charge in [-0.3, -0.25) is 4.79 Å². The minimum atomic E-state index is -0.348. The Bertz CT molecular complexity index is 656. The largest absolute Gasteiger partial charge is 0.488 e. The highest BCUT2D eigenvalue weighted by Gasteiger charge is 2.09. The molecule has 0 fully saturated rings. The summed E-state index contributed by atoms with van der Waals surface area (Å²) in [5.41, 5.74) is 1.00. The first-order valence-electron chi connectivity index (χ1n) is 6.20. The van der Waals surface area contributed by atoms with Crippen molar-refractivity contribution in [2.45, 2.75) is 0 Å². The van der Waals surface area contributed by atoms with E-state index in [1.54, 1.807) is 24.3 Å². The highest BCUT2D eigenvalue weighted by Crippen LogP contribution is 2.26. The van der Waals surface area contributed by atoms with E-state index >= 15 is 0 Å². The molecule has 0 atom stereocenters. The van der Waals surface area contributed by atoms with E-state index in [1.165, 1.54) is 24.3 Å². The zero-order chi connectivity index (χ0) is 15.2. The van der Waals surface area contributed by atoms with Crippen molar-refractivity contribution in [1.82, 2.24) is 0 Å². The lowest BCUT2D eigenvalue weighted by atomic mass is 10.2. The van der Waals surface area contributed by atoms with Crippen molar-refractivity contribution in [2.75, 3.05) is 11.9 Å². The first kappa shape index (κ1) is 15.3. The number of rotatable bonds is 5. The zero-order valence-corrected chi connectivity index (χ0v) is 12.7. The topological polar surface area (TPSA) is 38.3 Å². The number of carbonyl (C=O) groups excluding carboxylic acids is 1. The Labute approximate surface area is 130 Å². The molecule has 2 rings (SSSR count). The summed E-state index contributed by atoms with van der Waals surface area (Å²) in [6.07, 6.45) is 1.64. The maximum Gasteiger partial charge on any atom is 0.255 e. The fourth-order valence-corrected chi connectivity index (χ4v) is 2.14. The van der Waals surface area contributed by atoms with Crippen molar-refractivity contribution >= 4 is 27.5 Å². The molecule has 0 aliphatic heterocycles. The molecule has 0 aliphatic carbocycles. The maximum atomic E-state index is 12.8. The van der Waals surface area contributed by atoms with Crippen LogP contribution >= 0.6 is 15.9 Å². The molecule has 3 nitrogen and oxygen atoms in total. The Morgan fingerprint density at radius 1 is 1.29 bits per heavy atom. The van der Waals surface area contributed by atoms with E-state index in [-0.39, 0.29) is 11.7 Å². The monoisotopic (exact) mass is 349 g/mol. The second-order valence-corrected chi connectivity index (χ2v) is 5.06. The molecule has 0 radical (unpaired) electrons. The molecule has 1 N–H and O–H groups in total. The number of halogens is 2. The van der Waals surface area contributed by atoms with Gasteiger partial charge in [-0.2, -0.15) is 0 Å². The Hall–Kier alpha value is -2.14. The predicted octanol–water partition coefficient (Wildman–Crippen LogP) is 4.41. The van der Waals surface area contributed by atoms with Crippen LogP contribution in [0, 0.1) is 5.82 Å².